The quantitative estimate of drug-likeness (QED) is 0.469. The molecule has 206 valence electrons. The van der Waals surface area contributed by atoms with Crippen molar-refractivity contribution in [2.24, 2.45) is 0 Å². The van der Waals surface area contributed by atoms with Crippen molar-refractivity contribution in [1.29, 1.82) is 0 Å². The van der Waals surface area contributed by atoms with Gasteiger partial charge in [0.25, 0.3) is 11.5 Å². The van der Waals surface area contributed by atoms with Crippen LogP contribution in [0.1, 0.15) is 32.7 Å². The van der Waals surface area contributed by atoms with E-state index in [0.29, 0.717) is 28.9 Å². The Bertz CT molecular complexity index is 1450. The van der Waals surface area contributed by atoms with Crippen molar-refractivity contribution in [2.45, 2.75) is 26.4 Å². The molecule has 0 atom stereocenters. The van der Waals surface area contributed by atoms with Gasteiger partial charge in [0.05, 0.1) is 29.3 Å². The first-order chi connectivity index (χ1) is 18.3. The summed E-state index contributed by atoms with van der Waals surface area (Å²) < 4.78 is 46.3. The van der Waals surface area contributed by atoms with Gasteiger partial charge in [-0.05, 0) is 37.1 Å². The molecule has 3 heterocycles. The summed E-state index contributed by atoms with van der Waals surface area (Å²) in [5, 5.41) is 13.7. The molecule has 1 aliphatic heterocycles. The molecule has 2 aromatic heterocycles. The first-order valence-electron chi connectivity index (χ1n) is 11.3. The number of hydrogen-bond donors (Lipinski definition) is 2. The Morgan fingerprint density at radius 2 is 1.72 bits per heavy atom. The molecule has 4 rings (SSSR count). The summed E-state index contributed by atoms with van der Waals surface area (Å²) in [6.07, 6.45) is -0.334. The highest BCUT2D eigenvalue weighted by Gasteiger charge is 2.38. The lowest BCUT2D eigenvalue weighted by atomic mass is 10.0. The Balaban J connectivity index is 0.000000532. The maximum atomic E-state index is 14.5. The number of alkyl halides is 3. The van der Waals surface area contributed by atoms with Crippen LogP contribution in [0.25, 0.3) is 0 Å². The number of carbonyl (C=O) groups excluding carboxylic acids is 2. The molecule has 1 fully saturated rings. The van der Waals surface area contributed by atoms with Crippen LogP contribution < -0.4 is 10.5 Å². The highest BCUT2D eigenvalue weighted by molar-refractivity contribution is 6.01. The van der Waals surface area contributed by atoms with Crippen LogP contribution in [-0.4, -0.2) is 73.8 Å². The number of benzene rings is 1. The summed E-state index contributed by atoms with van der Waals surface area (Å²) >= 11 is 0. The number of nitrogens with zero attached hydrogens (tertiary/aromatic N) is 5. The minimum absolute atomic E-state index is 0.106. The second-order valence-electron chi connectivity index (χ2n) is 8.41. The molecule has 0 aliphatic carbocycles. The fourth-order valence-corrected chi connectivity index (χ4v) is 3.60. The minimum atomic E-state index is -5.08. The number of H-pyrrole nitrogens is 1. The van der Waals surface area contributed by atoms with E-state index >= 15 is 0 Å². The number of carboxylic acid groups (broad SMARTS) is 1. The van der Waals surface area contributed by atoms with Crippen LogP contribution in [0.3, 0.4) is 0 Å². The van der Waals surface area contributed by atoms with E-state index in [1.54, 1.807) is 19.9 Å². The zero-order chi connectivity index (χ0) is 28.9. The largest absolute Gasteiger partial charge is 0.490 e. The number of carbonyl (C=O) groups is 3. The predicted octanol–water partition coefficient (Wildman–Crippen LogP) is 2.03. The van der Waals surface area contributed by atoms with Crippen molar-refractivity contribution in [2.75, 3.05) is 24.5 Å². The van der Waals surface area contributed by atoms with Crippen LogP contribution in [0, 0.1) is 19.7 Å². The molecule has 15 heteroatoms. The molecular weight excluding hydrogens is 528 g/mol. The Morgan fingerprint density at radius 3 is 2.31 bits per heavy atom. The van der Waals surface area contributed by atoms with E-state index < -0.39 is 23.9 Å². The Labute approximate surface area is 218 Å². The first kappa shape index (κ1) is 28.9. The number of aromatic nitrogens is 4. The standard InChI is InChI=1S/C22H21FN6O3.C2HF3O2/c1-13-14(2)21(31)27-26-19(13)8-15-3-4-18(23)17(7-15)22(32)28-5-6-29(20(30)11-28)16-9-24-12-25-10-16;3-2(4,5)1(6)7/h3-4,7,9-10,12H,5-6,8,11H2,1-2H3,(H,27,31);(H,6,7). The Hall–Kier alpha value is -4.69. The van der Waals surface area contributed by atoms with E-state index in [-0.39, 0.29) is 36.7 Å². The fourth-order valence-electron chi connectivity index (χ4n) is 3.60. The van der Waals surface area contributed by atoms with Gasteiger partial charge in [-0.25, -0.2) is 24.3 Å². The summed E-state index contributed by atoms with van der Waals surface area (Å²) in [7, 11) is 0. The number of hydrogen-bond acceptors (Lipinski definition) is 7. The first-order valence-corrected chi connectivity index (χ1v) is 11.3. The van der Waals surface area contributed by atoms with Gasteiger partial charge < -0.3 is 14.9 Å². The number of aliphatic carboxylic acids is 1. The number of anilines is 1. The van der Waals surface area contributed by atoms with E-state index in [2.05, 4.69) is 20.2 Å². The van der Waals surface area contributed by atoms with Crippen molar-refractivity contribution >= 4 is 23.5 Å². The third-order valence-corrected chi connectivity index (χ3v) is 5.87. The average Bonchev–Trinajstić information content (AvgIpc) is 2.90. The second kappa shape index (κ2) is 11.8. The third-order valence-electron chi connectivity index (χ3n) is 5.87. The van der Waals surface area contributed by atoms with Gasteiger partial charge in [0.15, 0.2) is 0 Å². The van der Waals surface area contributed by atoms with Gasteiger partial charge in [0.2, 0.25) is 5.91 Å². The van der Waals surface area contributed by atoms with Gasteiger partial charge in [0.1, 0.15) is 18.7 Å². The topological polar surface area (TPSA) is 149 Å². The molecule has 0 bridgehead atoms. The lowest BCUT2D eigenvalue weighted by Gasteiger charge is -2.34. The predicted molar refractivity (Wildman–Crippen MR) is 128 cm³/mol. The van der Waals surface area contributed by atoms with Crippen molar-refractivity contribution in [3.05, 3.63) is 81.0 Å². The second-order valence-corrected chi connectivity index (χ2v) is 8.41. The number of aromatic amines is 1. The molecule has 0 spiro atoms. The van der Waals surface area contributed by atoms with Gasteiger partial charge >= 0.3 is 12.1 Å². The number of amides is 2. The van der Waals surface area contributed by atoms with E-state index in [9.17, 15) is 31.9 Å². The number of nitrogens with one attached hydrogen (secondary N) is 1. The van der Waals surface area contributed by atoms with E-state index in [1.807, 2.05) is 0 Å². The number of rotatable bonds is 4. The lowest BCUT2D eigenvalue weighted by Crippen LogP contribution is -2.52. The Morgan fingerprint density at radius 1 is 1.08 bits per heavy atom. The van der Waals surface area contributed by atoms with Crippen molar-refractivity contribution < 1.29 is 37.1 Å². The van der Waals surface area contributed by atoms with Gasteiger partial charge in [-0.2, -0.15) is 18.3 Å². The van der Waals surface area contributed by atoms with Crippen LogP contribution in [0.2, 0.25) is 0 Å². The van der Waals surface area contributed by atoms with Gasteiger partial charge in [-0.1, -0.05) is 6.07 Å². The van der Waals surface area contributed by atoms with Crippen molar-refractivity contribution in [1.82, 2.24) is 25.1 Å². The zero-order valence-corrected chi connectivity index (χ0v) is 20.6. The van der Waals surface area contributed by atoms with Crippen molar-refractivity contribution in [3.63, 3.8) is 0 Å². The van der Waals surface area contributed by atoms with Crippen LogP contribution in [-0.2, 0) is 16.0 Å². The van der Waals surface area contributed by atoms with E-state index in [1.165, 1.54) is 40.7 Å². The molecule has 39 heavy (non-hydrogen) atoms. The molecular formula is C24H22F4N6O5. The summed E-state index contributed by atoms with van der Waals surface area (Å²) in [6, 6.07) is 4.28. The minimum Gasteiger partial charge on any atom is -0.475 e. The lowest BCUT2D eigenvalue weighted by molar-refractivity contribution is -0.192. The van der Waals surface area contributed by atoms with Gasteiger partial charge in [-0.15, -0.1) is 0 Å². The number of halogens is 4. The van der Waals surface area contributed by atoms with E-state index in [4.69, 9.17) is 9.90 Å². The summed E-state index contributed by atoms with van der Waals surface area (Å²) in [5.41, 5.74) is 2.81. The van der Waals surface area contributed by atoms with E-state index in [0.717, 1.165) is 5.56 Å². The third kappa shape index (κ3) is 7.00. The maximum Gasteiger partial charge on any atom is 0.490 e. The highest BCUT2D eigenvalue weighted by Crippen LogP contribution is 2.20. The molecule has 0 saturated carbocycles. The smallest absolute Gasteiger partial charge is 0.475 e. The summed E-state index contributed by atoms with van der Waals surface area (Å²) in [6.45, 7) is 3.85. The molecule has 2 amide bonds. The summed E-state index contributed by atoms with van der Waals surface area (Å²) in [4.78, 5) is 56.8. The van der Waals surface area contributed by atoms with Gasteiger partial charge in [0, 0.05) is 25.1 Å². The summed E-state index contributed by atoms with van der Waals surface area (Å²) in [5.74, 6) is -4.26. The fraction of sp³-hybridized carbons (Fsp3) is 0.292. The van der Waals surface area contributed by atoms with Crippen LogP contribution in [0.5, 0.6) is 0 Å². The molecule has 1 saturated heterocycles. The normalized spacial score (nSPS) is 13.5. The SMILES string of the molecule is Cc1c(Cc2ccc(F)c(C(=O)N3CCN(c4cncnc4)C(=O)C3)c2)n[nH]c(=O)c1C.O=C(O)C(F)(F)F. The van der Waals surface area contributed by atoms with Crippen molar-refractivity contribution in [3.8, 4) is 0 Å². The highest BCUT2D eigenvalue weighted by atomic mass is 19.4. The number of carboxylic acids is 1. The van der Waals surface area contributed by atoms with Crippen LogP contribution in [0.4, 0.5) is 23.2 Å². The van der Waals surface area contributed by atoms with Crippen LogP contribution >= 0.6 is 0 Å². The zero-order valence-electron chi connectivity index (χ0n) is 20.6. The Kier molecular flexibility index (Phi) is 8.73. The molecule has 11 nitrogen and oxygen atoms in total. The molecule has 0 radical (unpaired) electrons. The average molecular weight is 550 g/mol. The molecule has 1 aliphatic rings. The number of piperazine rings is 1. The van der Waals surface area contributed by atoms with Crippen LogP contribution in [0.15, 0.2) is 41.7 Å². The monoisotopic (exact) mass is 550 g/mol. The maximum absolute atomic E-state index is 14.5. The molecule has 3 aromatic rings. The molecule has 1 aromatic carbocycles. The molecule has 0 unspecified atom stereocenters. The molecule has 2 N–H and O–H groups in total. The van der Waals surface area contributed by atoms with Gasteiger partial charge in [-0.3, -0.25) is 14.4 Å².